The van der Waals surface area contributed by atoms with Gasteiger partial charge >= 0.3 is 0 Å². The molecule has 1 aliphatic rings. The Bertz CT molecular complexity index is 1370. The van der Waals surface area contributed by atoms with E-state index in [0.29, 0.717) is 22.2 Å². The molecule has 0 saturated heterocycles. The van der Waals surface area contributed by atoms with Gasteiger partial charge in [0.05, 0.1) is 10.6 Å². The molecule has 10 heteroatoms. The van der Waals surface area contributed by atoms with Crippen LogP contribution in [0.1, 0.15) is 48.6 Å². The van der Waals surface area contributed by atoms with E-state index in [-0.39, 0.29) is 4.90 Å². The fourth-order valence-electron chi connectivity index (χ4n) is 4.10. The zero-order chi connectivity index (χ0) is 24.8. The number of nitrogens with one attached hydrogen (secondary N) is 1. The van der Waals surface area contributed by atoms with E-state index in [0.717, 1.165) is 11.3 Å². The number of allylic oxidation sites excluding steroid dienone is 1. The topological polar surface area (TPSA) is 147 Å². The number of hydrogen-bond acceptors (Lipinski definition) is 6. The van der Waals surface area contributed by atoms with Gasteiger partial charge in [0.15, 0.2) is 0 Å². The molecule has 0 radical (unpaired) electrons. The quantitative estimate of drug-likeness (QED) is 0.237. The second-order valence-corrected chi connectivity index (χ2v) is 10.8. The van der Waals surface area contributed by atoms with E-state index < -0.39 is 16.0 Å². The van der Waals surface area contributed by atoms with Crippen LogP contribution in [0.25, 0.3) is 16.8 Å². The maximum absolute atomic E-state index is 12.0. The molecular formula is C25H26N6O2S2. The Hall–Kier alpha value is -3.68. The predicted octanol–water partition coefficient (Wildman–Crippen LogP) is 4.80. The van der Waals surface area contributed by atoms with E-state index in [2.05, 4.69) is 45.0 Å². The summed E-state index contributed by atoms with van der Waals surface area (Å²) in [7, 11) is -3.95. The lowest BCUT2D eigenvalue weighted by molar-refractivity contribution is 0.443. The number of nitriles is 1. The summed E-state index contributed by atoms with van der Waals surface area (Å²) in [5.74, 6) is 0.125. The van der Waals surface area contributed by atoms with Gasteiger partial charge in [-0.3, -0.25) is 0 Å². The molecule has 1 saturated carbocycles. The van der Waals surface area contributed by atoms with Crippen LogP contribution in [0.15, 0.2) is 69.4 Å². The third-order valence-electron chi connectivity index (χ3n) is 5.90. The zero-order valence-electron chi connectivity index (χ0n) is 19.0. The molecule has 0 spiro atoms. The predicted molar refractivity (Wildman–Crippen MR) is 140 cm³/mol. The Morgan fingerprint density at radius 2 is 1.77 bits per heavy atom. The Labute approximate surface area is 209 Å². The SMILES string of the molecule is N#C/C(=C\Nc1ccc(S(=O)(=O)N=C(N)N)cc1)c1nc(-c2ccc(C3CCCCC3)cc2)cs1. The fourth-order valence-corrected chi connectivity index (χ4v) is 5.76. The smallest absolute Gasteiger partial charge is 0.285 e. The lowest BCUT2D eigenvalue weighted by Gasteiger charge is -2.22. The van der Waals surface area contributed by atoms with Crippen LogP contribution in [0.5, 0.6) is 0 Å². The van der Waals surface area contributed by atoms with E-state index in [1.807, 2.05) is 5.38 Å². The molecule has 35 heavy (non-hydrogen) atoms. The number of aromatic nitrogens is 1. The maximum Gasteiger partial charge on any atom is 0.285 e. The Balaban J connectivity index is 1.45. The minimum absolute atomic E-state index is 0.0417. The van der Waals surface area contributed by atoms with E-state index in [9.17, 15) is 13.7 Å². The van der Waals surface area contributed by atoms with Crippen LogP contribution in [0.3, 0.4) is 0 Å². The summed E-state index contributed by atoms with van der Waals surface area (Å²) < 4.78 is 27.3. The molecule has 0 amide bonds. The number of nitrogens with two attached hydrogens (primary N) is 2. The summed E-state index contributed by atoms with van der Waals surface area (Å²) in [6.07, 6.45) is 8.03. The highest BCUT2D eigenvalue weighted by Crippen LogP contribution is 2.34. The second kappa shape index (κ2) is 10.7. The average Bonchev–Trinajstić information content (AvgIpc) is 3.35. The molecule has 0 aliphatic heterocycles. The molecule has 2 aromatic carbocycles. The molecule has 1 fully saturated rings. The summed E-state index contributed by atoms with van der Waals surface area (Å²) in [5, 5.41) is 15.2. The monoisotopic (exact) mass is 506 g/mol. The summed E-state index contributed by atoms with van der Waals surface area (Å²) in [5.41, 5.74) is 14.5. The third-order valence-corrected chi connectivity index (χ3v) is 8.09. The summed E-state index contributed by atoms with van der Waals surface area (Å²) >= 11 is 1.40. The molecule has 1 aliphatic carbocycles. The van der Waals surface area contributed by atoms with Crippen LogP contribution in [0.2, 0.25) is 0 Å². The molecule has 0 bridgehead atoms. The van der Waals surface area contributed by atoms with Crippen molar-refractivity contribution in [2.75, 3.05) is 5.32 Å². The molecule has 3 aromatic rings. The van der Waals surface area contributed by atoms with Crippen molar-refractivity contribution in [3.63, 3.8) is 0 Å². The Morgan fingerprint density at radius 1 is 1.09 bits per heavy atom. The van der Waals surface area contributed by atoms with Gasteiger partial charge in [0, 0.05) is 22.8 Å². The van der Waals surface area contributed by atoms with Crippen LogP contribution in [-0.4, -0.2) is 19.4 Å². The number of sulfonamides is 1. The Morgan fingerprint density at radius 3 is 2.40 bits per heavy atom. The van der Waals surface area contributed by atoms with Crippen molar-refractivity contribution in [3.8, 4) is 17.3 Å². The van der Waals surface area contributed by atoms with Crippen molar-refractivity contribution in [2.24, 2.45) is 15.9 Å². The first-order valence-electron chi connectivity index (χ1n) is 11.2. The lowest BCUT2D eigenvalue weighted by Crippen LogP contribution is -2.24. The maximum atomic E-state index is 12.0. The fraction of sp³-hybridized carbons (Fsp3) is 0.240. The number of guanidine groups is 1. The van der Waals surface area contributed by atoms with Gasteiger partial charge < -0.3 is 16.8 Å². The third kappa shape index (κ3) is 6.07. The first kappa shape index (κ1) is 24.4. The van der Waals surface area contributed by atoms with Gasteiger partial charge in [0.2, 0.25) is 5.96 Å². The minimum atomic E-state index is -3.95. The summed E-state index contributed by atoms with van der Waals surface area (Å²) in [6.45, 7) is 0. The van der Waals surface area contributed by atoms with Gasteiger partial charge in [0.25, 0.3) is 10.0 Å². The van der Waals surface area contributed by atoms with Crippen LogP contribution in [0.4, 0.5) is 5.69 Å². The number of nitrogens with zero attached hydrogens (tertiary/aromatic N) is 3. The van der Waals surface area contributed by atoms with Crippen molar-refractivity contribution >= 4 is 38.6 Å². The number of anilines is 1. The number of benzene rings is 2. The first-order chi connectivity index (χ1) is 16.9. The van der Waals surface area contributed by atoms with E-state index >= 15 is 0 Å². The van der Waals surface area contributed by atoms with Crippen molar-refractivity contribution in [3.05, 3.63) is 70.7 Å². The zero-order valence-corrected chi connectivity index (χ0v) is 20.6. The largest absolute Gasteiger partial charge is 0.369 e. The Kier molecular flexibility index (Phi) is 7.48. The normalized spacial score (nSPS) is 14.8. The van der Waals surface area contributed by atoms with Gasteiger partial charge in [-0.15, -0.1) is 15.7 Å². The highest BCUT2D eigenvalue weighted by Gasteiger charge is 2.16. The van der Waals surface area contributed by atoms with E-state index in [4.69, 9.17) is 11.5 Å². The minimum Gasteiger partial charge on any atom is -0.369 e. The molecule has 8 nitrogen and oxygen atoms in total. The molecule has 0 atom stereocenters. The van der Waals surface area contributed by atoms with Gasteiger partial charge in [-0.1, -0.05) is 43.5 Å². The highest BCUT2D eigenvalue weighted by atomic mass is 32.2. The highest BCUT2D eigenvalue weighted by molar-refractivity contribution is 7.90. The molecule has 1 aromatic heterocycles. The van der Waals surface area contributed by atoms with Gasteiger partial charge in [-0.2, -0.15) is 13.7 Å². The van der Waals surface area contributed by atoms with Crippen LogP contribution in [0, 0.1) is 11.3 Å². The second-order valence-electron chi connectivity index (χ2n) is 8.32. The number of hydrogen-bond donors (Lipinski definition) is 3. The van der Waals surface area contributed by atoms with E-state index in [1.54, 1.807) is 18.3 Å². The van der Waals surface area contributed by atoms with E-state index in [1.165, 1.54) is 61.1 Å². The van der Waals surface area contributed by atoms with Crippen molar-refractivity contribution < 1.29 is 8.42 Å². The van der Waals surface area contributed by atoms with Crippen molar-refractivity contribution in [2.45, 2.75) is 42.9 Å². The molecule has 180 valence electrons. The van der Waals surface area contributed by atoms with Gasteiger partial charge in [-0.05, 0) is 48.6 Å². The molecule has 1 heterocycles. The summed E-state index contributed by atoms with van der Waals surface area (Å²) in [6, 6.07) is 16.6. The van der Waals surface area contributed by atoms with Crippen LogP contribution < -0.4 is 16.8 Å². The lowest BCUT2D eigenvalue weighted by atomic mass is 9.84. The first-order valence-corrected chi connectivity index (χ1v) is 13.6. The number of rotatable bonds is 7. The summed E-state index contributed by atoms with van der Waals surface area (Å²) in [4.78, 5) is 4.61. The van der Waals surface area contributed by atoms with Crippen LogP contribution in [-0.2, 0) is 10.0 Å². The van der Waals surface area contributed by atoms with Gasteiger partial charge in [0.1, 0.15) is 16.6 Å². The number of thiazole rings is 1. The van der Waals surface area contributed by atoms with Gasteiger partial charge in [-0.25, -0.2) is 4.98 Å². The van der Waals surface area contributed by atoms with Crippen molar-refractivity contribution in [1.82, 2.24) is 4.98 Å². The van der Waals surface area contributed by atoms with Crippen LogP contribution >= 0.6 is 11.3 Å². The molecular weight excluding hydrogens is 480 g/mol. The molecule has 5 N–H and O–H groups in total. The molecule has 4 rings (SSSR count). The molecule has 0 unspecified atom stereocenters. The van der Waals surface area contributed by atoms with Crippen molar-refractivity contribution in [1.29, 1.82) is 5.26 Å². The average molecular weight is 507 g/mol. The standard InChI is InChI=1S/C25H26N6O2S2/c26-14-20(15-29-21-10-12-22(13-11-21)35(32,33)31-25(27)28)24-30-23(16-34-24)19-8-6-18(7-9-19)17-4-2-1-3-5-17/h6-13,15-17,29H,1-5H2,(H4,27,28,31)/b20-15+.